The summed E-state index contributed by atoms with van der Waals surface area (Å²) >= 11 is 0. The molecule has 0 spiro atoms. The van der Waals surface area contributed by atoms with Crippen molar-refractivity contribution in [1.82, 2.24) is 14.5 Å². The number of halogens is 1. The third kappa shape index (κ3) is 3.63. The number of aryl methyl sites for hydroxylation is 1. The Morgan fingerprint density at radius 3 is 2.32 bits per heavy atom. The van der Waals surface area contributed by atoms with Crippen molar-refractivity contribution in [1.29, 1.82) is 0 Å². The van der Waals surface area contributed by atoms with Gasteiger partial charge in [0.2, 0.25) is 5.91 Å². The minimum atomic E-state index is -0.314. The zero-order chi connectivity index (χ0) is 17.8. The fourth-order valence-corrected chi connectivity index (χ4v) is 2.87. The second-order valence-corrected chi connectivity index (χ2v) is 5.91. The monoisotopic (exact) mass is 341 g/mol. The average molecular weight is 341 g/mol. The molecule has 3 aromatic rings. The van der Waals surface area contributed by atoms with Gasteiger partial charge in [-0.2, -0.15) is 0 Å². The Kier molecular flexibility index (Phi) is 4.97. The van der Waals surface area contributed by atoms with Gasteiger partial charge < -0.3 is 5.32 Å². The van der Waals surface area contributed by atoms with Crippen LogP contribution in [-0.2, 0) is 24.4 Å². The Bertz CT molecular complexity index is 941. The Morgan fingerprint density at radius 1 is 1.04 bits per heavy atom. The predicted octanol–water partition coefficient (Wildman–Crippen LogP) is 2.67. The molecule has 2 aromatic carbocycles. The lowest BCUT2D eigenvalue weighted by Crippen LogP contribution is -2.32. The summed E-state index contributed by atoms with van der Waals surface area (Å²) in [6, 6.07) is 13.4. The lowest BCUT2D eigenvalue weighted by Gasteiger charge is -2.06. The summed E-state index contributed by atoms with van der Waals surface area (Å²) < 4.78 is 16.1. The van der Waals surface area contributed by atoms with Gasteiger partial charge in [-0.25, -0.2) is 9.18 Å². The number of aromatic nitrogens is 2. The lowest BCUT2D eigenvalue weighted by atomic mass is 10.2. The number of hydrogen-bond acceptors (Lipinski definition) is 2. The van der Waals surface area contributed by atoms with Crippen molar-refractivity contribution in [2.24, 2.45) is 0 Å². The standard InChI is InChI=1S/C19H20FN3O2/c1-2-11-22-16-5-3-4-6-17(16)23(19(22)25)13-18(24)21-12-14-7-9-15(20)10-8-14/h3-10H,2,11-13H2,1H3,(H,21,24). The molecule has 3 rings (SSSR count). The minimum absolute atomic E-state index is 0.0444. The number of imidazole rings is 1. The van der Waals surface area contributed by atoms with E-state index in [1.165, 1.54) is 16.7 Å². The van der Waals surface area contributed by atoms with Crippen molar-refractivity contribution in [3.63, 3.8) is 0 Å². The van der Waals surface area contributed by atoms with Crippen LogP contribution >= 0.6 is 0 Å². The van der Waals surface area contributed by atoms with Gasteiger partial charge in [-0.15, -0.1) is 0 Å². The fourth-order valence-electron chi connectivity index (χ4n) is 2.87. The number of benzene rings is 2. The quantitative estimate of drug-likeness (QED) is 0.749. The molecule has 0 radical (unpaired) electrons. The molecule has 0 aliphatic carbocycles. The van der Waals surface area contributed by atoms with Gasteiger partial charge in [-0.3, -0.25) is 13.9 Å². The van der Waals surface area contributed by atoms with Crippen LogP contribution < -0.4 is 11.0 Å². The van der Waals surface area contributed by atoms with Crippen LogP contribution in [0.4, 0.5) is 4.39 Å². The Labute approximate surface area is 144 Å². The number of para-hydroxylation sites is 2. The number of nitrogens with zero attached hydrogens (tertiary/aromatic N) is 2. The van der Waals surface area contributed by atoms with E-state index in [1.807, 2.05) is 31.2 Å². The third-order valence-electron chi connectivity index (χ3n) is 4.08. The SMILES string of the molecule is CCCn1c(=O)n(CC(=O)NCc2ccc(F)cc2)c2ccccc21. The van der Waals surface area contributed by atoms with E-state index in [1.54, 1.807) is 16.7 Å². The molecule has 1 heterocycles. The van der Waals surface area contributed by atoms with Crippen LogP contribution in [0.1, 0.15) is 18.9 Å². The molecule has 0 aliphatic rings. The highest BCUT2D eigenvalue weighted by atomic mass is 19.1. The molecule has 0 unspecified atom stereocenters. The van der Waals surface area contributed by atoms with E-state index in [-0.39, 0.29) is 24.0 Å². The van der Waals surface area contributed by atoms with E-state index >= 15 is 0 Å². The van der Waals surface area contributed by atoms with Crippen molar-refractivity contribution in [3.8, 4) is 0 Å². The summed E-state index contributed by atoms with van der Waals surface area (Å²) in [7, 11) is 0. The van der Waals surface area contributed by atoms with Crippen molar-refractivity contribution in [3.05, 3.63) is 70.4 Å². The maximum atomic E-state index is 12.9. The highest BCUT2D eigenvalue weighted by Crippen LogP contribution is 2.13. The highest BCUT2D eigenvalue weighted by molar-refractivity contribution is 5.80. The van der Waals surface area contributed by atoms with Gasteiger partial charge in [0.15, 0.2) is 0 Å². The third-order valence-corrected chi connectivity index (χ3v) is 4.08. The highest BCUT2D eigenvalue weighted by Gasteiger charge is 2.14. The first-order chi connectivity index (χ1) is 12.1. The van der Waals surface area contributed by atoms with Gasteiger partial charge in [0.05, 0.1) is 11.0 Å². The molecule has 0 atom stereocenters. The summed E-state index contributed by atoms with van der Waals surface area (Å²) in [5, 5.41) is 2.77. The zero-order valence-electron chi connectivity index (χ0n) is 14.0. The van der Waals surface area contributed by atoms with Gasteiger partial charge in [0.1, 0.15) is 12.4 Å². The molecule has 1 aromatic heterocycles. The maximum absolute atomic E-state index is 12.9. The smallest absolute Gasteiger partial charge is 0.329 e. The van der Waals surface area contributed by atoms with Crippen LogP contribution in [0.2, 0.25) is 0 Å². The molecular formula is C19H20FN3O2. The molecule has 0 saturated heterocycles. The van der Waals surface area contributed by atoms with E-state index in [0.29, 0.717) is 13.1 Å². The Morgan fingerprint density at radius 2 is 1.68 bits per heavy atom. The number of fused-ring (bicyclic) bond motifs is 1. The van der Waals surface area contributed by atoms with Crippen LogP contribution in [0.5, 0.6) is 0 Å². The summed E-state index contributed by atoms with van der Waals surface area (Å²) in [6.07, 6.45) is 0.838. The van der Waals surface area contributed by atoms with Crippen molar-refractivity contribution >= 4 is 16.9 Å². The molecule has 6 heteroatoms. The van der Waals surface area contributed by atoms with Crippen LogP contribution in [0.15, 0.2) is 53.3 Å². The van der Waals surface area contributed by atoms with Crippen molar-refractivity contribution in [2.45, 2.75) is 33.0 Å². The molecule has 1 N–H and O–H groups in total. The summed E-state index contributed by atoms with van der Waals surface area (Å²) in [5.41, 5.74) is 2.20. The fraction of sp³-hybridized carbons (Fsp3) is 0.263. The molecule has 25 heavy (non-hydrogen) atoms. The lowest BCUT2D eigenvalue weighted by molar-refractivity contribution is -0.121. The van der Waals surface area contributed by atoms with E-state index in [4.69, 9.17) is 0 Å². The van der Waals surface area contributed by atoms with Crippen LogP contribution in [0, 0.1) is 5.82 Å². The second kappa shape index (κ2) is 7.34. The topological polar surface area (TPSA) is 56.0 Å². The molecular weight excluding hydrogens is 321 g/mol. The van der Waals surface area contributed by atoms with Crippen LogP contribution in [-0.4, -0.2) is 15.0 Å². The van der Waals surface area contributed by atoms with Gasteiger partial charge in [0, 0.05) is 13.1 Å². The molecule has 0 aliphatic heterocycles. The van der Waals surface area contributed by atoms with E-state index in [0.717, 1.165) is 23.0 Å². The van der Waals surface area contributed by atoms with Gasteiger partial charge >= 0.3 is 5.69 Å². The molecule has 0 saturated carbocycles. The Hall–Kier alpha value is -2.89. The van der Waals surface area contributed by atoms with Crippen molar-refractivity contribution < 1.29 is 9.18 Å². The maximum Gasteiger partial charge on any atom is 0.329 e. The molecule has 130 valence electrons. The van der Waals surface area contributed by atoms with Crippen LogP contribution in [0.25, 0.3) is 11.0 Å². The molecule has 5 nitrogen and oxygen atoms in total. The molecule has 1 amide bonds. The first-order valence-electron chi connectivity index (χ1n) is 8.29. The molecule has 0 bridgehead atoms. The van der Waals surface area contributed by atoms with E-state index in [9.17, 15) is 14.0 Å². The average Bonchev–Trinajstić information content (AvgIpc) is 2.88. The number of carbonyl (C=O) groups excluding carboxylic acids is 1. The number of rotatable bonds is 6. The van der Waals surface area contributed by atoms with Gasteiger partial charge in [0.25, 0.3) is 0 Å². The van der Waals surface area contributed by atoms with Gasteiger partial charge in [-0.1, -0.05) is 31.2 Å². The first kappa shape index (κ1) is 17.0. The van der Waals surface area contributed by atoms with E-state index < -0.39 is 0 Å². The summed E-state index contributed by atoms with van der Waals surface area (Å²) in [6.45, 7) is 2.87. The van der Waals surface area contributed by atoms with Crippen molar-refractivity contribution in [2.75, 3.05) is 0 Å². The van der Waals surface area contributed by atoms with Crippen LogP contribution in [0.3, 0.4) is 0 Å². The Balaban J connectivity index is 1.78. The second-order valence-electron chi connectivity index (χ2n) is 5.91. The minimum Gasteiger partial charge on any atom is -0.350 e. The predicted molar refractivity (Wildman–Crippen MR) is 94.7 cm³/mol. The largest absolute Gasteiger partial charge is 0.350 e. The molecule has 0 fully saturated rings. The number of carbonyl (C=O) groups is 1. The summed E-state index contributed by atoms with van der Waals surface area (Å²) in [5.74, 6) is -0.573. The zero-order valence-corrected chi connectivity index (χ0v) is 14.0. The normalized spacial score (nSPS) is 11.0. The summed E-state index contributed by atoms with van der Waals surface area (Å²) in [4.78, 5) is 24.9. The first-order valence-corrected chi connectivity index (χ1v) is 8.29. The van der Waals surface area contributed by atoms with Gasteiger partial charge in [-0.05, 0) is 36.2 Å². The number of hydrogen-bond donors (Lipinski definition) is 1. The number of amides is 1. The number of nitrogens with one attached hydrogen (secondary N) is 1. The van der Waals surface area contributed by atoms with E-state index in [2.05, 4.69) is 5.32 Å².